The van der Waals surface area contributed by atoms with Crippen LogP contribution in [-0.2, 0) is 5.33 Å². The zero-order valence-electron chi connectivity index (χ0n) is 8.55. The number of carbonyl (C=O) groups is 1. The van der Waals surface area contributed by atoms with Gasteiger partial charge < -0.3 is 9.47 Å². The van der Waals surface area contributed by atoms with Gasteiger partial charge in [0.05, 0.1) is 13.3 Å². The Hall–Kier alpha value is -1.31. The summed E-state index contributed by atoms with van der Waals surface area (Å²) in [5.41, 5.74) is 0.192. The predicted molar refractivity (Wildman–Crippen MR) is 55.5 cm³/mol. The van der Waals surface area contributed by atoms with Gasteiger partial charge in [-0.05, 0) is 0 Å². The molecule has 0 saturated carbocycles. The molecule has 0 saturated heterocycles. The minimum Gasteiger partial charge on any atom is -0.492 e. The molecule has 0 amide bonds. The monoisotopic (exact) mass is 313 g/mol. The quantitative estimate of drug-likeness (QED) is 0.633. The standard InChI is InChI=1S/C9H7BrF3NO3/c1-16-8-5(2-10)6(4-15)14-3-7(8)17-9(11,12)13/h3-4H,2H2,1H3. The lowest BCUT2D eigenvalue weighted by atomic mass is 10.2. The molecular formula is C9H7BrF3NO3. The molecule has 0 aliphatic rings. The Bertz CT molecular complexity index is 423. The number of alkyl halides is 4. The number of rotatable bonds is 4. The molecular weight excluding hydrogens is 307 g/mol. The average molecular weight is 314 g/mol. The first-order valence-electron chi connectivity index (χ1n) is 4.25. The lowest BCUT2D eigenvalue weighted by Crippen LogP contribution is -2.18. The highest BCUT2D eigenvalue weighted by atomic mass is 79.9. The second-order valence-corrected chi connectivity index (χ2v) is 3.38. The Morgan fingerprint density at radius 3 is 2.59 bits per heavy atom. The van der Waals surface area contributed by atoms with Gasteiger partial charge >= 0.3 is 6.36 Å². The van der Waals surface area contributed by atoms with Crippen molar-refractivity contribution in [3.05, 3.63) is 17.5 Å². The summed E-state index contributed by atoms with van der Waals surface area (Å²) in [6, 6.07) is 0. The zero-order valence-corrected chi connectivity index (χ0v) is 10.1. The van der Waals surface area contributed by atoms with E-state index in [1.54, 1.807) is 0 Å². The number of carbonyl (C=O) groups excluding carboxylic acids is 1. The van der Waals surface area contributed by atoms with E-state index in [2.05, 4.69) is 25.7 Å². The number of aromatic nitrogens is 1. The van der Waals surface area contributed by atoms with Gasteiger partial charge in [-0.15, -0.1) is 13.2 Å². The number of pyridine rings is 1. The van der Waals surface area contributed by atoms with Crippen molar-refractivity contribution in [2.24, 2.45) is 0 Å². The van der Waals surface area contributed by atoms with Crippen molar-refractivity contribution in [2.75, 3.05) is 7.11 Å². The molecule has 1 rings (SSSR count). The minimum atomic E-state index is -4.85. The Morgan fingerprint density at radius 1 is 1.53 bits per heavy atom. The van der Waals surface area contributed by atoms with Crippen LogP contribution < -0.4 is 9.47 Å². The van der Waals surface area contributed by atoms with Crippen LogP contribution >= 0.6 is 15.9 Å². The van der Waals surface area contributed by atoms with Gasteiger partial charge in [0.2, 0.25) is 0 Å². The zero-order chi connectivity index (χ0) is 13.1. The lowest BCUT2D eigenvalue weighted by molar-refractivity contribution is -0.275. The van der Waals surface area contributed by atoms with Gasteiger partial charge in [0, 0.05) is 10.9 Å². The first-order valence-corrected chi connectivity index (χ1v) is 5.37. The highest BCUT2D eigenvalue weighted by molar-refractivity contribution is 9.08. The van der Waals surface area contributed by atoms with E-state index in [-0.39, 0.29) is 22.3 Å². The number of hydrogen-bond donors (Lipinski definition) is 0. The van der Waals surface area contributed by atoms with Crippen molar-refractivity contribution in [3.8, 4) is 11.5 Å². The molecule has 0 radical (unpaired) electrons. The topological polar surface area (TPSA) is 48.4 Å². The molecule has 0 aromatic carbocycles. The molecule has 17 heavy (non-hydrogen) atoms. The molecule has 1 aromatic heterocycles. The number of nitrogens with zero attached hydrogens (tertiary/aromatic N) is 1. The van der Waals surface area contributed by atoms with Gasteiger partial charge in [0.1, 0.15) is 5.69 Å². The van der Waals surface area contributed by atoms with Crippen LogP contribution in [0.1, 0.15) is 16.1 Å². The second kappa shape index (κ2) is 5.35. The fourth-order valence-electron chi connectivity index (χ4n) is 1.18. The number of hydrogen-bond acceptors (Lipinski definition) is 4. The summed E-state index contributed by atoms with van der Waals surface area (Å²) in [6.07, 6.45) is -3.63. The molecule has 0 bridgehead atoms. The molecule has 1 heterocycles. The largest absolute Gasteiger partial charge is 0.573 e. The summed E-state index contributed by atoms with van der Waals surface area (Å²) < 4.78 is 44.8. The molecule has 0 fully saturated rings. The highest BCUT2D eigenvalue weighted by Gasteiger charge is 2.33. The van der Waals surface area contributed by atoms with E-state index in [4.69, 9.17) is 4.74 Å². The Labute approximate surface area is 103 Å². The number of ether oxygens (including phenoxy) is 2. The third-order valence-electron chi connectivity index (χ3n) is 1.80. The molecule has 0 aliphatic heterocycles. The maximum atomic E-state index is 12.1. The highest BCUT2D eigenvalue weighted by Crippen LogP contribution is 2.36. The summed E-state index contributed by atoms with van der Waals surface area (Å²) >= 11 is 3.04. The Morgan fingerprint density at radius 2 is 2.18 bits per heavy atom. The van der Waals surface area contributed by atoms with E-state index < -0.39 is 12.1 Å². The molecule has 0 aliphatic carbocycles. The summed E-state index contributed by atoms with van der Waals surface area (Å²) in [7, 11) is 1.18. The van der Waals surface area contributed by atoms with E-state index in [1.165, 1.54) is 7.11 Å². The summed E-state index contributed by atoms with van der Waals surface area (Å²) in [6.45, 7) is 0. The van der Waals surface area contributed by atoms with Crippen LogP contribution in [0.25, 0.3) is 0 Å². The Balaban J connectivity index is 3.28. The van der Waals surface area contributed by atoms with Gasteiger partial charge in [-0.25, -0.2) is 4.98 Å². The van der Waals surface area contributed by atoms with E-state index >= 15 is 0 Å². The van der Waals surface area contributed by atoms with Crippen LogP contribution in [0, 0.1) is 0 Å². The minimum absolute atomic E-state index is 0.00625. The van der Waals surface area contributed by atoms with E-state index in [9.17, 15) is 18.0 Å². The molecule has 0 atom stereocenters. The van der Waals surface area contributed by atoms with Gasteiger partial charge in [-0.1, -0.05) is 15.9 Å². The molecule has 1 aromatic rings. The van der Waals surface area contributed by atoms with Gasteiger partial charge in [-0.2, -0.15) is 0 Å². The van der Waals surface area contributed by atoms with Crippen molar-refractivity contribution < 1.29 is 27.4 Å². The number of aldehydes is 1. The molecule has 0 spiro atoms. The molecule has 0 N–H and O–H groups in total. The second-order valence-electron chi connectivity index (χ2n) is 2.82. The fourth-order valence-corrected chi connectivity index (χ4v) is 1.72. The SMILES string of the molecule is COc1c(OC(F)(F)F)cnc(C=O)c1CBr. The van der Waals surface area contributed by atoms with Gasteiger partial charge in [0.25, 0.3) is 0 Å². The molecule has 8 heteroatoms. The summed E-state index contributed by atoms with van der Waals surface area (Å²) in [4.78, 5) is 14.2. The van der Waals surface area contributed by atoms with Gasteiger partial charge in [0.15, 0.2) is 17.8 Å². The van der Waals surface area contributed by atoms with E-state index in [0.29, 0.717) is 6.29 Å². The summed E-state index contributed by atoms with van der Waals surface area (Å²) in [5, 5.41) is 0.117. The molecule has 94 valence electrons. The molecule has 0 unspecified atom stereocenters. The van der Waals surface area contributed by atoms with Crippen molar-refractivity contribution in [3.63, 3.8) is 0 Å². The number of halogens is 4. The lowest BCUT2D eigenvalue weighted by Gasteiger charge is -2.15. The molecule has 4 nitrogen and oxygen atoms in total. The van der Waals surface area contributed by atoms with Crippen LogP contribution in [0.5, 0.6) is 11.5 Å². The fraction of sp³-hybridized carbons (Fsp3) is 0.333. The maximum Gasteiger partial charge on any atom is 0.573 e. The first kappa shape index (κ1) is 13.8. The van der Waals surface area contributed by atoms with E-state index in [1.807, 2.05) is 0 Å². The third-order valence-corrected chi connectivity index (χ3v) is 2.36. The van der Waals surface area contributed by atoms with Crippen LogP contribution in [-0.4, -0.2) is 24.7 Å². The smallest absolute Gasteiger partial charge is 0.492 e. The van der Waals surface area contributed by atoms with Crippen molar-refractivity contribution >= 4 is 22.2 Å². The van der Waals surface area contributed by atoms with Crippen LogP contribution in [0.4, 0.5) is 13.2 Å². The number of methoxy groups -OCH3 is 1. The summed E-state index contributed by atoms with van der Waals surface area (Å²) in [5.74, 6) is -0.753. The maximum absolute atomic E-state index is 12.1. The van der Waals surface area contributed by atoms with Crippen LogP contribution in [0.2, 0.25) is 0 Å². The average Bonchev–Trinajstić information content (AvgIpc) is 2.26. The van der Waals surface area contributed by atoms with Crippen LogP contribution in [0.3, 0.4) is 0 Å². The Kier molecular flexibility index (Phi) is 4.33. The normalized spacial score (nSPS) is 11.1. The van der Waals surface area contributed by atoms with Crippen LogP contribution in [0.15, 0.2) is 6.20 Å². The van der Waals surface area contributed by atoms with E-state index in [0.717, 1.165) is 6.20 Å². The van der Waals surface area contributed by atoms with Gasteiger partial charge in [-0.3, -0.25) is 4.79 Å². The first-order chi connectivity index (χ1) is 7.92. The van der Waals surface area contributed by atoms with Crippen molar-refractivity contribution in [1.29, 1.82) is 0 Å². The van der Waals surface area contributed by atoms with Crippen molar-refractivity contribution in [1.82, 2.24) is 4.98 Å². The third kappa shape index (κ3) is 3.32. The van der Waals surface area contributed by atoms with Crippen molar-refractivity contribution in [2.45, 2.75) is 11.7 Å². The predicted octanol–water partition coefficient (Wildman–Crippen LogP) is 2.70.